The van der Waals surface area contributed by atoms with E-state index >= 15 is 0 Å². The van der Waals surface area contributed by atoms with Crippen molar-refractivity contribution in [2.75, 3.05) is 13.1 Å². The van der Waals surface area contributed by atoms with Gasteiger partial charge in [-0.1, -0.05) is 24.0 Å². The Labute approximate surface area is 147 Å². The standard InChI is InChI=1S/C21H20FNO2/c22-20-11-13-23(14-12-20)15-18-5-3-16(4-6-18)1-2-17-7-9-19(10-8-17)21(24)25/h3-10,20H,11-15H2,(H,24,25). The largest absolute Gasteiger partial charge is 0.478 e. The van der Waals surface area contributed by atoms with Crippen LogP contribution < -0.4 is 0 Å². The van der Waals surface area contributed by atoms with Crippen molar-refractivity contribution in [2.45, 2.75) is 25.6 Å². The Kier molecular flexibility index (Phi) is 5.47. The Morgan fingerprint density at radius 1 is 1.00 bits per heavy atom. The van der Waals surface area contributed by atoms with Crippen LogP contribution >= 0.6 is 0 Å². The maximum Gasteiger partial charge on any atom is 0.335 e. The van der Waals surface area contributed by atoms with Gasteiger partial charge in [0, 0.05) is 30.8 Å². The van der Waals surface area contributed by atoms with E-state index in [0.29, 0.717) is 12.8 Å². The molecule has 1 aliphatic rings. The first kappa shape index (κ1) is 17.2. The minimum atomic E-state index is -0.939. The summed E-state index contributed by atoms with van der Waals surface area (Å²) in [7, 11) is 0. The summed E-state index contributed by atoms with van der Waals surface area (Å²) in [5.41, 5.74) is 3.15. The second-order valence-corrected chi connectivity index (χ2v) is 6.28. The van der Waals surface area contributed by atoms with Gasteiger partial charge < -0.3 is 5.11 Å². The number of halogens is 1. The summed E-state index contributed by atoms with van der Waals surface area (Å²) in [5, 5.41) is 8.88. The van der Waals surface area contributed by atoms with Crippen LogP contribution in [0.25, 0.3) is 0 Å². The van der Waals surface area contributed by atoms with Gasteiger partial charge in [0.25, 0.3) is 0 Å². The van der Waals surface area contributed by atoms with Crippen molar-refractivity contribution in [3.8, 4) is 11.8 Å². The quantitative estimate of drug-likeness (QED) is 0.868. The summed E-state index contributed by atoms with van der Waals surface area (Å²) >= 11 is 0. The predicted octanol–water partition coefficient (Wildman–Crippen LogP) is 3.72. The second-order valence-electron chi connectivity index (χ2n) is 6.28. The average molecular weight is 337 g/mol. The molecule has 1 aliphatic heterocycles. The molecule has 2 aromatic carbocycles. The number of hydrogen-bond acceptors (Lipinski definition) is 2. The normalized spacial score (nSPS) is 15.4. The fraction of sp³-hybridized carbons (Fsp3) is 0.286. The molecule has 0 saturated carbocycles. The van der Waals surface area contributed by atoms with Gasteiger partial charge in [0.2, 0.25) is 0 Å². The van der Waals surface area contributed by atoms with Crippen LogP contribution in [0.5, 0.6) is 0 Å². The minimum Gasteiger partial charge on any atom is -0.478 e. The molecule has 4 heteroatoms. The first-order chi connectivity index (χ1) is 12.1. The predicted molar refractivity (Wildman–Crippen MR) is 95.2 cm³/mol. The summed E-state index contributed by atoms with van der Waals surface area (Å²) in [5.74, 6) is 5.18. The molecule has 1 heterocycles. The maximum absolute atomic E-state index is 13.2. The van der Waals surface area contributed by atoms with Gasteiger partial charge in [-0.25, -0.2) is 9.18 Å². The van der Waals surface area contributed by atoms with Crippen LogP contribution in [0.15, 0.2) is 48.5 Å². The van der Waals surface area contributed by atoms with Crippen molar-refractivity contribution in [1.82, 2.24) is 4.90 Å². The third kappa shape index (κ3) is 4.91. The van der Waals surface area contributed by atoms with Crippen molar-refractivity contribution in [3.63, 3.8) is 0 Å². The number of benzene rings is 2. The molecule has 0 atom stereocenters. The Morgan fingerprint density at radius 2 is 1.52 bits per heavy atom. The van der Waals surface area contributed by atoms with E-state index in [4.69, 9.17) is 5.11 Å². The van der Waals surface area contributed by atoms with Crippen LogP contribution in [-0.4, -0.2) is 35.2 Å². The number of carboxylic acid groups (broad SMARTS) is 1. The molecule has 1 saturated heterocycles. The van der Waals surface area contributed by atoms with Gasteiger partial charge in [-0.3, -0.25) is 4.90 Å². The molecule has 1 N–H and O–H groups in total. The lowest BCUT2D eigenvalue weighted by Gasteiger charge is -2.28. The first-order valence-corrected chi connectivity index (χ1v) is 8.41. The number of piperidine rings is 1. The number of likely N-dealkylation sites (tertiary alicyclic amines) is 1. The molecule has 0 bridgehead atoms. The highest BCUT2D eigenvalue weighted by molar-refractivity contribution is 5.87. The lowest BCUT2D eigenvalue weighted by Crippen LogP contribution is -2.33. The number of carboxylic acids is 1. The number of rotatable bonds is 3. The molecule has 0 aliphatic carbocycles. The van der Waals surface area contributed by atoms with Crippen LogP contribution in [-0.2, 0) is 6.54 Å². The van der Waals surface area contributed by atoms with Crippen molar-refractivity contribution in [1.29, 1.82) is 0 Å². The van der Waals surface area contributed by atoms with Gasteiger partial charge in [-0.2, -0.15) is 0 Å². The zero-order chi connectivity index (χ0) is 17.6. The Morgan fingerprint density at radius 3 is 2.04 bits per heavy atom. The summed E-state index contributed by atoms with van der Waals surface area (Å²) < 4.78 is 13.2. The molecular formula is C21H20FNO2. The van der Waals surface area contributed by atoms with Gasteiger partial charge in [0.1, 0.15) is 6.17 Å². The fourth-order valence-electron chi connectivity index (χ4n) is 2.85. The number of hydrogen-bond donors (Lipinski definition) is 1. The number of carbonyl (C=O) groups is 1. The first-order valence-electron chi connectivity index (χ1n) is 8.41. The maximum atomic E-state index is 13.2. The van der Waals surface area contributed by atoms with Crippen LogP contribution in [0.3, 0.4) is 0 Å². The van der Waals surface area contributed by atoms with E-state index in [9.17, 15) is 9.18 Å². The lowest BCUT2D eigenvalue weighted by atomic mass is 10.1. The molecule has 0 radical (unpaired) electrons. The lowest BCUT2D eigenvalue weighted by molar-refractivity contribution is 0.0697. The summed E-state index contributed by atoms with van der Waals surface area (Å²) in [4.78, 5) is 13.1. The topological polar surface area (TPSA) is 40.5 Å². The number of alkyl halides is 1. The fourth-order valence-corrected chi connectivity index (χ4v) is 2.85. The van der Waals surface area contributed by atoms with Gasteiger partial charge in [-0.05, 0) is 54.8 Å². The Bertz CT molecular complexity index is 779. The van der Waals surface area contributed by atoms with Crippen LogP contribution in [0, 0.1) is 11.8 Å². The zero-order valence-corrected chi connectivity index (χ0v) is 13.9. The molecule has 0 unspecified atom stereocenters. The van der Waals surface area contributed by atoms with Crippen LogP contribution in [0.4, 0.5) is 4.39 Å². The molecule has 0 amide bonds. The molecule has 3 nitrogen and oxygen atoms in total. The third-order valence-corrected chi connectivity index (χ3v) is 4.36. The highest BCUT2D eigenvalue weighted by Crippen LogP contribution is 2.16. The zero-order valence-electron chi connectivity index (χ0n) is 13.9. The van der Waals surface area contributed by atoms with Gasteiger partial charge in [0.05, 0.1) is 5.56 Å². The molecular weight excluding hydrogens is 317 g/mol. The average Bonchev–Trinajstić information content (AvgIpc) is 2.63. The van der Waals surface area contributed by atoms with Crippen molar-refractivity contribution in [2.24, 2.45) is 0 Å². The van der Waals surface area contributed by atoms with E-state index in [1.165, 1.54) is 5.56 Å². The number of nitrogens with zero attached hydrogens (tertiary/aromatic N) is 1. The Hall–Kier alpha value is -2.64. The van der Waals surface area contributed by atoms with E-state index < -0.39 is 12.1 Å². The third-order valence-electron chi connectivity index (χ3n) is 4.36. The van der Waals surface area contributed by atoms with Crippen LogP contribution in [0.2, 0.25) is 0 Å². The van der Waals surface area contributed by atoms with Crippen molar-refractivity contribution in [3.05, 3.63) is 70.8 Å². The van der Waals surface area contributed by atoms with E-state index in [-0.39, 0.29) is 5.56 Å². The molecule has 0 aromatic heterocycles. The van der Waals surface area contributed by atoms with Crippen molar-refractivity contribution < 1.29 is 14.3 Å². The summed E-state index contributed by atoms with van der Waals surface area (Å²) in [6.07, 6.45) is 0.618. The molecule has 2 aromatic rings. The Balaban J connectivity index is 1.60. The highest BCUT2D eigenvalue weighted by atomic mass is 19.1. The minimum absolute atomic E-state index is 0.256. The van der Waals surface area contributed by atoms with E-state index in [2.05, 4.69) is 28.9 Å². The molecule has 1 fully saturated rings. The second kappa shape index (κ2) is 7.96. The van der Waals surface area contributed by atoms with Crippen molar-refractivity contribution >= 4 is 5.97 Å². The monoisotopic (exact) mass is 337 g/mol. The van der Waals surface area contributed by atoms with Crippen LogP contribution in [0.1, 0.15) is 39.9 Å². The highest BCUT2D eigenvalue weighted by Gasteiger charge is 2.17. The smallest absolute Gasteiger partial charge is 0.335 e. The van der Waals surface area contributed by atoms with Gasteiger partial charge in [-0.15, -0.1) is 0 Å². The molecule has 3 rings (SSSR count). The van der Waals surface area contributed by atoms with E-state index in [0.717, 1.165) is 30.8 Å². The van der Waals surface area contributed by atoms with Gasteiger partial charge >= 0.3 is 5.97 Å². The molecule has 128 valence electrons. The summed E-state index contributed by atoms with van der Waals surface area (Å²) in [6.45, 7) is 2.47. The SMILES string of the molecule is O=C(O)c1ccc(C#Cc2ccc(CN3CCC(F)CC3)cc2)cc1. The number of aromatic carboxylic acids is 1. The molecule has 25 heavy (non-hydrogen) atoms. The van der Waals surface area contributed by atoms with E-state index in [1.807, 2.05) is 12.1 Å². The summed E-state index contributed by atoms with van der Waals surface area (Å²) in [6, 6.07) is 14.6. The molecule has 0 spiro atoms. The van der Waals surface area contributed by atoms with Gasteiger partial charge in [0.15, 0.2) is 0 Å². The van der Waals surface area contributed by atoms with E-state index in [1.54, 1.807) is 24.3 Å².